The van der Waals surface area contributed by atoms with E-state index >= 15 is 0 Å². The molecule has 3 rings (SSSR count). The summed E-state index contributed by atoms with van der Waals surface area (Å²) >= 11 is 1.57. The maximum atomic E-state index is 5.39. The average Bonchev–Trinajstić information content (AvgIpc) is 3.38. The Labute approximate surface area is 127 Å². The molecule has 0 bridgehead atoms. The molecule has 1 aliphatic rings. The van der Waals surface area contributed by atoms with Gasteiger partial charge in [-0.05, 0) is 19.1 Å². The Morgan fingerprint density at radius 3 is 2.76 bits per heavy atom. The Kier molecular flexibility index (Phi) is 3.88. The van der Waals surface area contributed by atoms with Crippen molar-refractivity contribution < 1.29 is 4.74 Å². The van der Waals surface area contributed by atoms with Crippen molar-refractivity contribution in [2.45, 2.75) is 23.8 Å². The minimum absolute atomic E-state index is 0.470. The van der Waals surface area contributed by atoms with E-state index in [4.69, 9.17) is 4.74 Å². The standard InChI is InChI=1S/C15H16N4OS/c1-4-9-7-16-13(19-15(9)21-3)11-12(10-5-6-10)17-8-18-14(11)20-2/h4,7-8,10H,1,5-6H2,2-3H3. The topological polar surface area (TPSA) is 60.8 Å². The third-order valence-corrected chi connectivity index (χ3v) is 4.13. The van der Waals surface area contributed by atoms with Crippen LogP contribution in [0.2, 0.25) is 0 Å². The van der Waals surface area contributed by atoms with Gasteiger partial charge >= 0.3 is 0 Å². The summed E-state index contributed by atoms with van der Waals surface area (Å²) in [7, 11) is 1.61. The fourth-order valence-corrected chi connectivity index (χ4v) is 2.76. The molecule has 0 N–H and O–H groups in total. The molecule has 5 nitrogen and oxygen atoms in total. The highest BCUT2D eigenvalue weighted by atomic mass is 32.2. The largest absolute Gasteiger partial charge is 0.480 e. The fraction of sp³-hybridized carbons (Fsp3) is 0.333. The molecule has 1 saturated carbocycles. The van der Waals surface area contributed by atoms with Crippen molar-refractivity contribution in [3.05, 3.63) is 30.4 Å². The molecule has 2 heterocycles. The van der Waals surface area contributed by atoms with Crippen LogP contribution in [0.25, 0.3) is 17.5 Å². The smallest absolute Gasteiger partial charge is 0.227 e. The third kappa shape index (κ3) is 2.63. The van der Waals surface area contributed by atoms with Crippen LogP contribution in [0.3, 0.4) is 0 Å². The Morgan fingerprint density at radius 1 is 1.33 bits per heavy atom. The zero-order chi connectivity index (χ0) is 14.8. The van der Waals surface area contributed by atoms with Crippen molar-refractivity contribution in [1.82, 2.24) is 19.9 Å². The first kappa shape index (κ1) is 14.0. The molecule has 108 valence electrons. The maximum absolute atomic E-state index is 5.39. The van der Waals surface area contributed by atoms with Crippen LogP contribution in [0.5, 0.6) is 5.88 Å². The van der Waals surface area contributed by atoms with Gasteiger partial charge in [-0.3, -0.25) is 0 Å². The van der Waals surface area contributed by atoms with E-state index in [1.807, 2.05) is 6.26 Å². The van der Waals surface area contributed by atoms with E-state index in [-0.39, 0.29) is 0 Å². The molecule has 0 aromatic carbocycles. The van der Waals surface area contributed by atoms with E-state index in [0.29, 0.717) is 17.6 Å². The minimum Gasteiger partial charge on any atom is -0.480 e. The van der Waals surface area contributed by atoms with E-state index in [1.54, 1.807) is 37.5 Å². The number of rotatable bonds is 5. The van der Waals surface area contributed by atoms with Gasteiger partial charge in [-0.15, -0.1) is 11.8 Å². The molecule has 1 aliphatic carbocycles. The second kappa shape index (κ2) is 5.81. The van der Waals surface area contributed by atoms with Crippen molar-refractivity contribution in [3.63, 3.8) is 0 Å². The Hall–Kier alpha value is -1.95. The molecule has 0 saturated heterocycles. The van der Waals surface area contributed by atoms with Gasteiger partial charge in [0.25, 0.3) is 0 Å². The monoisotopic (exact) mass is 300 g/mol. The second-order valence-corrected chi connectivity index (χ2v) is 5.57. The van der Waals surface area contributed by atoms with Crippen LogP contribution < -0.4 is 4.74 Å². The van der Waals surface area contributed by atoms with E-state index in [0.717, 1.165) is 34.7 Å². The van der Waals surface area contributed by atoms with Crippen LogP contribution in [-0.2, 0) is 0 Å². The summed E-state index contributed by atoms with van der Waals surface area (Å²) in [5.41, 5.74) is 2.73. The second-order valence-electron chi connectivity index (χ2n) is 4.78. The average molecular weight is 300 g/mol. The van der Waals surface area contributed by atoms with Gasteiger partial charge in [0.05, 0.1) is 12.8 Å². The van der Waals surface area contributed by atoms with Gasteiger partial charge < -0.3 is 4.74 Å². The number of hydrogen-bond acceptors (Lipinski definition) is 6. The van der Waals surface area contributed by atoms with Gasteiger partial charge in [-0.1, -0.05) is 12.7 Å². The molecule has 21 heavy (non-hydrogen) atoms. The Balaban J connectivity index is 2.17. The first-order valence-electron chi connectivity index (χ1n) is 6.71. The molecule has 0 aliphatic heterocycles. The lowest BCUT2D eigenvalue weighted by atomic mass is 10.1. The molecular formula is C15H16N4OS. The summed E-state index contributed by atoms with van der Waals surface area (Å²) in [5, 5.41) is 0.891. The molecule has 2 aromatic heterocycles. The van der Waals surface area contributed by atoms with Crippen LogP contribution >= 0.6 is 11.8 Å². The van der Waals surface area contributed by atoms with Crippen LogP contribution in [0.4, 0.5) is 0 Å². The summed E-state index contributed by atoms with van der Waals surface area (Å²) in [6, 6.07) is 0. The number of aromatic nitrogens is 4. The Bertz CT molecular complexity index is 685. The molecule has 0 atom stereocenters. The van der Waals surface area contributed by atoms with Crippen molar-refractivity contribution in [1.29, 1.82) is 0 Å². The van der Waals surface area contributed by atoms with Crippen LogP contribution in [-0.4, -0.2) is 33.3 Å². The lowest BCUT2D eigenvalue weighted by molar-refractivity contribution is 0.397. The number of methoxy groups -OCH3 is 1. The molecule has 0 spiro atoms. The first-order valence-corrected chi connectivity index (χ1v) is 7.93. The van der Waals surface area contributed by atoms with Crippen molar-refractivity contribution in [2.75, 3.05) is 13.4 Å². The zero-order valence-corrected chi connectivity index (χ0v) is 12.9. The summed E-state index contributed by atoms with van der Waals surface area (Å²) in [6.07, 6.45) is 9.37. The van der Waals surface area contributed by atoms with E-state index in [1.165, 1.54) is 0 Å². The lowest BCUT2D eigenvalue weighted by Gasteiger charge is -2.11. The highest BCUT2D eigenvalue weighted by molar-refractivity contribution is 7.98. The van der Waals surface area contributed by atoms with Gasteiger partial charge in [0.1, 0.15) is 16.9 Å². The third-order valence-electron chi connectivity index (χ3n) is 3.42. The summed E-state index contributed by atoms with van der Waals surface area (Å²) in [4.78, 5) is 17.7. The van der Waals surface area contributed by atoms with E-state index in [2.05, 4.69) is 26.5 Å². The van der Waals surface area contributed by atoms with Crippen molar-refractivity contribution in [3.8, 4) is 17.3 Å². The molecule has 2 aromatic rings. The normalized spacial score (nSPS) is 14.0. The quantitative estimate of drug-likeness (QED) is 0.624. The molecule has 6 heteroatoms. The van der Waals surface area contributed by atoms with Gasteiger partial charge in [0.2, 0.25) is 5.88 Å². The van der Waals surface area contributed by atoms with Crippen molar-refractivity contribution >= 4 is 17.8 Å². The minimum atomic E-state index is 0.470. The highest BCUT2D eigenvalue weighted by Crippen LogP contribution is 2.44. The summed E-state index contributed by atoms with van der Waals surface area (Å²) in [5.74, 6) is 1.62. The molecular weight excluding hydrogens is 284 g/mol. The fourth-order valence-electron chi connectivity index (χ4n) is 2.21. The van der Waals surface area contributed by atoms with Crippen LogP contribution in [0.15, 0.2) is 24.1 Å². The number of thioether (sulfide) groups is 1. The number of nitrogens with zero attached hydrogens (tertiary/aromatic N) is 4. The van der Waals surface area contributed by atoms with Crippen LogP contribution in [0.1, 0.15) is 30.0 Å². The predicted molar refractivity (Wildman–Crippen MR) is 83.5 cm³/mol. The molecule has 0 unspecified atom stereocenters. The summed E-state index contributed by atoms with van der Waals surface area (Å²) in [6.45, 7) is 3.79. The number of hydrogen-bond donors (Lipinski definition) is 0. The van der Waals surface area contributed by atoms with Gasteiger partial charge in [-0.25, -0.2) is 19.9 Å². The lowest BCUT2D eigenvalue weighted by Crippen LogP contribution is -2.03. The van der Waals surface area contributed by atoms with Gasteiger partial charge in [-0.2, -0.15) is 0 Å². The highest BCUT2D eigenvalue weighted by Gasteiger charge is 2.31. The molecule has 0 radical (unpaired) electrons. The van der Waals surface area contributed by atoms with Crippen LogP contribution in [0, 0.1) is 0 Å². The zero-order valence-electron chi connectivity index (χ0n) is 12.0. The molecule has 1 fully saturated rings. The number of ether oxygens (including phenoxy) is 1. The Morgan fingerprint density at radius 2 is 2.14 bits per heavy atom. The first-order chi connectivity index (χ1) is 10.3. The maximum Gasteiger partial charge on any atom is 0.227 e. The predicted octanol–water partition coefficient (Wildman–Crippen LogP) is 3.18. The SMILES string of the molecule is C=Cc1cnc(-c2c(OC)ncnc2C2CC2)nc1SC. The van der Waals surface area contributed by atoms with Crippen molar-refractivity contribution in [2.24, 2.45) is 0 Å². The van der Waals surface area contributed by atoms with E-state index in [9.17, 15) is 0 Å². The van der Waals surface area contributed by atoms with Gasteiger partial charge in [0.15, 0.2) is 5.82 Å². The molecule has 0 amide bonds. The van der Waals surface area contributed by atoms with Gasteiger partial charge in [0, 0.05) is 17.7 Å². The van der Waals surface area contributed by atoms with E-state index < -0.39 is 0 Å². The summed E-state index contributed by atoms with van der Waals surface area (Å²) < 4.78 is 5.39.